The number of benzene rings is 2. The molecule has 0 radical (unpaired) electrons. The minimum atomic E-state index is -0.448. The Morgan fingerprint density at radius 1 is 0.905 bits per heavy atom. The quantitative estimate of drug-likeness (QED) is 0.797. The van der Waals surface area contributed by atoms with E-state index in [0.717, 1.165) is 4.90 Å². The van der Waals surface area contributed by atoms with Gasteiger partial charge in [-0.15, -0.1) is 0 Å². The number of carbonyl (C=O) groups excluding carboxylic acids is 2. The van der Waals surface area contributed by atoms with E-state index in [1.165, 1.54) is 30.3 Å². The number of rotatable bonds is 2. The van der Waals surface area contributed by atoms with E-state index >= 15 is 0 Å². The third-order valence-electron chi connectivity index (χ3n) is 3.16. The van der Waals surface area contributed by atoms with Crippen LogP contribution in [0, 0.1) is 5.82 Å². The van der Waals surface area contributed by atoms with Crippen LogP contribution in [0.5, 0.6) is 0 Å². The fourth-order valence-corrected chi connectivity index (χ4v) is 2.27. The Labute approximate surface area is 125 Å². The Morgan fingerprint density at radius 2 is 1.52 bits per heavy atom. The van der Waals surface area contributed by atoms with Crippen molar-refractivity contribution in [1.82, 2.24) is 0 Å². The Morgan fingerprint density at radius 3 is 2.14 bits per heavy atom. The van der Waals surface area contributed by atoms with E-state index in [1.54, 1.807) is 24.3 Å². The molecule has 0 fully saturated rings. The van der Waals surface area contributed by atoms with Crippen LogP contribution in [0.15, 0.2) is 54.6 Å². The first-order chi connectivity index (χ1) is 10.1. The number of imide groups is 1. The maximum absolute atomic E-state index is 12.9. The summed E-state index contributed by atoms with van der Waals surface area (Å²) in [4.78, 5) is 25.4. The first kappa shape index (κ1) is 13.5. The van der Waals surface area contributed by atoms with Crippen molar-refractivity contribution in [2.45, 2.75) is 0 Å². The van der Waals surface area contributed by atoms with E-state index in [0.29, 0.717) is 21.8 Å². The maximum Gasteiger partial charge on any atom is 0.266 e. The van der Waals surface area contributed by atoms with Crippen LogP contribution < -0.4 is 4.90 Å². The van der Waals surface area contributed by atoms with E-state index in [9.17, 15) is 14.0 Å². The second-order valence-corrected chi connectivity index (χ2v) is 4.96. The Kier molecular flexibility index (Phi) is 3.31. The van der Waals surface area contributed by atoms with Gasteiger partial charge in [-0.25, -0.2) is 9.29 Å². The van der Waals surface area contributed by atoms with Gasteiger partial charge in [-0.2, -0.15) is 0 Å². The van der Waals surface area contributed by atoms with E-state index in [4.69, 9.17) is 11.6 Å². The molecule has 1 aliphatic rings. The maximum atomic E-state index is 12.9. The number of halogens is 2. The molecule has 0 saturated heterocycles. The highest BCUT2D eigenvalue weighted by Gasteiger charge is 2.32. The molecular formula is C16H9ClFNO2. The van der Waals surface area contributed by atoms with Crippen LogP contribution >= 0.6 is 11.6 Å². The number of hydrogen-bond donors (Lipinski definition) is 0. The molecule has 3 rings (SSSR count). The Hall–Kier alpha value is -2.46. The summed E-state index contributed by atoms with van der Waals surface area (Å²) in [5.41, 5.74) is 1.25. The number of nitrogens with zero attached hydrogens (tertiary/aromatic N) is 1. The monoisotopic (exact) mass is 301 g/mol. The van der Waals surface area contributed by atoms with Gasteiger partial charge in [0.2, 0.25) is 0 Å². The summed E-state index contributed by atoms with van der Waals surface area (Å²) < 4.78 is 12.9. The molecule has 5 heteroatoms. The van der Waals surface area contributed by atoms with Crippen LogP contribution in [0.25, 0.3) is 5.57 Å². The SMILES string of the molecule is O=C1C=C(c2ccc(Cl)cc2)C(=O)N1c1ccc(F)cc1. The number of amides is 2. The average Bonchev–Trinajstić information content (AvgIpc) is 2.76. The molecule has 0 bridgehead atoms. The summed E-state index contributed by atoms with van der Waals surface area (Å²) in [5, 5.41) is 0.548. The lowest BCUT2D eigenvalue weighted by Crippen LogP contribution is -2.30. The van der Waals surface area contributed by atoms with Gasteiger partial charge >= 0.3 is 0 Å². The highest BCUT2D eigenvalue weighted by atomic mass is 35.5. The third kappa shape index (κ3) is 2.45. The minimum absolute atomic E-state index is 0.293. The molecule has 2 amide bonds. The van der Waals surface area contributed by atoms with Crippen LogP contribution in [0.3, 0.4) is 0 Å². The molecule has 1 aliphatic heterocycles. The van der Waals surface area contributed by atoms with Gasteiger partial charge in [-0.05, 0) is 42.0 Å². The highest BCUT2D eigenvalue weighted by Crippen LogP contribution is 2.28. The van der Waals surface area contributed by atoms with Gasteiger partial charge in [0.05, 0.1) is 11.3 Å². The molecule has 0 saturated carbocycles. The smallest absolute Gasteiger partial charge is 0.266 e. The predicted molar refractivity (Wildman–Crippen MR) is 78.3 cm³/mol. The van der Waals surface area contributed by atoms with Gasteiger partial charge in [0.25, 0.3) is 11.8 Å². The molecule has 0 aromatic heterocycles. The summed E-state index contributed by atoms with van der Waals surface area (Å²) in [7, 11) is 0. The number of hydrogen-bond acceptors (Lipinski definition) is 2. The fraction of sp³-hybridized carbons (Fsp3) is 0. The standard InChI is InChI=1S/C16H9ClFNO2/c17-11-3-1-10(2-4-11)14-9-15(20)19(16(14)21)13-7-5-12(18)6-8-13/h1-9H. The average molecular weight is 302 g/mol. The predicted octanol–water partition coefficient (Wildman–Crippen LogP) is 3.44. The highest BCUT2D eigenvalue weighted by molar-refractivity contribution is 6.43. The zero-order chi connectivity index (χ0) is 15.0. The van der Waals surface area contributed by atoms with Gasteiger partial charge < -0.3 is 0 Å². The van der Waals surface area contributed by atoms with Crippen LogP contribution in [-0.4, -0.2) is 11.8 Å². The molecule has 2 aromatic rings. The zero-order valence-electron chi connectivity index (χ0n) is 10.7. The third-order valence-corrected chi connectivity index (χ3v) is 3.41. The van der Waals surface area contributed by atoms with Crippen molar-refractivity contribution in [3.05, 3.63) is 71.0 Å². The first-order valence-corrected chi connectivity index (χ1v) is 6.56. The van der Waals surface area contributed by atoms with Gasteiger partial charge in [0, 0.05) is 11.1 Å². The summed E-state index contributed by atoms with van der Waals surface area (Å²) in [5.74, 6) is -1.31. The van der Waals surface area contributed by atoms with E-state index in [-0.39, 0.29) is 0 Å². The van der Waals surface area contributed by atoms with Crippen LogP contribution in [0.2, 0.25) is 5.02 Å². The second-order valence-electron chi connectivity index (χ2n) is 4.52. The lowest BCUT2D eigenvalue weighted by Gasteiger charge is -2.14. The molecule has 1 heterocycles. The Balaban J connectivity index is 1.95. The lowest BCUT2D eigenvalue weighted by atomic mass is 10.1. The largest absolute Gasteiger partial charge is 0.269 e. The first-order valence-electron chi connectivity index (χ1n) is 6.18. The topological polar surface area (TPSA) is 37.4 Å². The van der Waals surface area contributed by atoms with E-state index in [2.05, 4.69) is 0 Å². The van der Waals surface area contributed by atoms with Crippen molar-refractivity contribution in [3.63, 3.8) is 0 Å². The molecule has 3 nitrogen and oxygen atoms in total. The number of anilines is 1. The minimum Gasteiger partial charge on any atom is -0.269 e. The summed E-state index contributed by atoms with van der Waals surface area (Å²) >= 11 is 5.81. The van der Waals surface area contributed by atoms with Crippen molar-refractivity contribution >= 4 is 34.7 Å². The lowest BCUT2D eigenvalue weighted by molar-refractivity contribution is -0.119. The molecular weight excluding hydrogens is 293 g/mol. The van der Waals surface area contributed by atoms with Gasteiger partial charge in [0.1, 0.15) is 5.82 Å². The molecule has 0 N–H and O–H groups in total. The van der Waals surface area contributed by atoms with Crippen molar-refractivity contribution in [2.24, 2.45) is 0 Å². The molecule has 0 aliphatic carbocycles. The van der Waals surface area contributed by atoms with E-state index < -0.39 is 17.6 Å². The molecule has 104 valence electrons. The summed E-state index contributed by atoms with van der Waals surface area (Å²) in [6.45, 7) is 0. The summed E-state index contributed by atoms with van der Waals surface area (Å²) in [6, 6.07) is 11.8. The fourth-order valence-electron chi connectivity index (χ4n) is 2.14. The van der Waals surface area contributed by atoms with Crippen molar-refractivity contribution in [3.8, 4) is 0 Å². The number of carbonyl (C=O) groups is 2. The van der Waals surface area contributed by atoms with Gasteiger partial charge in [-0.3, -0.25) is 9.59 Å². The van der Waals surface area contributed by atoms with E-state index in [1.807, 2.05) is 0 Å². The normalized spacial score (nSPS) is 14.6. The molecule has 0 atom stereocenters. The second kappa shape index (κ2) is 5.14. The van der Waals surface area contributed by atoms with Gasteiger partial charge in [-0.1, -0.05) is 23.7 Å². The van der Waals surface area contributed by atoms with Crippen molar-refractivity contribution in [1.29, 1.82) is 0 Å². The molecule has 2 aromatic carbocycles. The van der Waals surface area contributed by atoms with Crippen molar-refractivity contribution in [2.75, 3.05) is 4.90 Å². The zero-order valence-corrected chi connectivity index (χ0v) is 11.5. The van der Waals surface area contributed by atoms with Crippen molar-refractivity contribution < 1.29 is 14.0 Å². The molecule has 21 heavy (non-hydrogen) atoms. The molecule has 0 unspecified atom stereocenters. The molecule has 0 spiro atoms. The van der Waals surface area contributed by atoms with Crippen LogP contribution in [0.4, 0.5) is 10.1 Å². The van der Waals surface area contributed by atoms with Crippen LogP contribution in [-0.2, 0) is 9.59 Å². The van der Waals surface area contributed by atoms with Gasteiger partial charge in [0.15, 0.2) is 0 Å². The van der Waals surface area contributed by atoms with Crippen LogP contribution in [0.1, 0.15) is 5.56 Å². The Bertz CT molecular complexity index is 751. The summed E-state index contributed by atoms with van der Waals surface area (Å²) in [6.07, 6.45) is 1.27.